The molecule has 0 atom stereocenters. The van der Waals surface area contributed by atoms with E-state index in [0.29, 0.717) is 11.4 Å². The molecule has 0 bridgehead atoms. The average molecular weight is 263 g/mol. The summed E-state index contributed by atoms with van der Waals surface area (Å²) in [6.07, 6.45) is 6.95. The minimum absolute atomic E-state index is 0.492. The molecule has 0 spiro atoms. The molecule has 106 valence electrons. The number of hydrogen-bond acceptors (Lipinski definition) is 5. The molecule has 0 radical (unpaired) electrons. The van der Waals surface area contributed by atoms with Gasteiger partial charge in [0.25, 0.3) is 0 Å². The normalized spacial score (nSPS) is 19.3. The topological polar surface area (TPSA) is 67.1 Å². The van der Waals surface area contributed by atoms with E-state index in [2.05, 4.69) is 34.1 Å². The predicted molar refractivity (Wildman–Crippen MR) is 77.4 cm³/mol. The molecule has 0 amide bonds. The van der Waals surface area contributed by atoms with Crippen LogP contribution in [0.4, 0.5) is 5.95 Å². The quantitative estimate of drug-likeness (QED) is 0.629. The highest BCUT2D eigenvalue weighted by Gasteiger charge is 2.31. The second kappa shape index (κ2) is 6.30. The smallest absolute Gasteiger partial charge is 0.237 e. The van der Waals surface area contributed by atoms with Gasteiger partial charge in [0.15, 0.2) is 0 Å². The lowest BCUT2D eigenvalue weighted by Crippen LogP contribution is -2.39. The Morgan fingerprint density at radius 1 is 1.32 bits per heavy atom. The minimum Gasteiger partial charge on any atom is -0.297 e. The van der Waals surface area contributed by atoms with E-state index < -0.39 is 0 Å². The van der Waals surface area contributed by atoms with Gasteiger partial charge in [-0.3, -0.25) is 10.3 Å². The third kappa shape index (κ3) is 3.42. The van der Waals surface area contributed by atoms with Crippen molar-refractivity contribution < 1.29 is 0 Å². The van der Waals surface area contributed by atoms with Crippen molar-refractivity contribution in [2.75, 3.05) is 18.5 Å². The fraction of sp³-hybridized carbons (Fsp3) is 0.714. The Hall–Kier alpha value is -1.20. The Kier molecular flexibility index (Phi) is 4.71. The van der Waals surface area contributed by atoms with E-state index >= 15 is 0 Å². The van der Waals surface area contributed by atoms with Crippen molar-refractivity contribution in [3.8, 4) is 0 Å². The molecule has 0 unspecified atom stereocenters. The Morgan fingerprint density at radius 2 is 2.00 bits per heavy atom. The molecule has 0 aliphatic carbocycles. The summed E-state index contributed by atoms with van der Waals surface area (Å²) in [5, 5.41) is 0. The molecule has 3 N–H and O–H groups in total. The van der Waals surface area contributed by atoms with Crippen LogP contribution in [0.25, 0.3) is 0 Å². The summed E-state index contributed by atoms with van der Waals surface area (Å²) in [4.78, 5) is 10.9. The monoisotopic (exact) mass is 263 g/mol. The summed E-state index contributed by atoms with van der Waals surface area (Å²) >= 11 is 0. The zero-order valence-electron chi connectivity index (χ0n) is 12.0. The van der Waals surface area contributed by atoms with Crippen molar-refractivity contribution >= 4 is 5.95 Å². The molecule has 2 rings (SSSR count). The molecule has 0 aromatic carbocycles. The van der Waals surface area contributed by atoms with Crippen molar-refractivity contribution in [1.82, 2.24) is 14.9 Å². The molecule has 0 saturated carbocycles. The van der Waals surface area contributed by atoms with Gasteiger partial charge >= 0.3 is 0 Å². The third-order valence-corrected chi connectivity index (χ3v) is 4.64. The molecular formula is C14H25N5. The van der Waals surface area contributed by atoms with Crippen LogP contribution in [0.1, 0.15) is 45.2 Å². The van der Waals surface area contributed by atoms with Crippen LogP contribution in [-0.2, 0) is 6.54 Å². The highest BCUT2D eigenvalue weighted by Crippen LogP contribution is 2.38. The predicted octanol–water partition coefficient (Wildman–Crippen LogP) is 2.16. The summed E-state index contributed by atoms with van der Waals surface area (Å²) in [7, 11) is 0. The molecule has 2 heterocycles. The average Bonchev–Trinajstić information content (AvgIpc) is 2.48. The van der Waals surface area contributed by atoms with Gasteiger partial charge in [0.1, 0.15) is 0 Å². The van der Waals surface area contributed by atoms with Crippen LogP contribution >= 0.6 is 0 Å². The summed E-state index contributed by atoms with van der Waals surface area (Å²) in [5.41, 5.74) is 4.10. The van der Waals surface area contributed by atoms with Crippen LogP contribution in [0.5, 0.6) is 0 Å². The molecule has 1 aromatic heterocycles. The molecule has 1 aromatic rings. The number of nitrogens with one attached hydrogen (secondary N) is 1. The molecular weight excluding hydrogens is 238 g/mol. The van der Waals surface area contributed by atoms with Crippen LogP contribution < -0.4 is 11.3 Å². The van der Waals surface area contributed by atoms with Gasteiger partial charge in [0.2, 0.25) is 5.95 Å². The molecule has 19 heavy (non-hydrogen) atoms. The number of anilines is 1. The molecule has 1 aliphatic rings. The molecule has 1 saturated heterocycles. The van der Waals surface area contributed by atoms with Crippen LogP contribution in [0.2, 0.25) is 0 Å². The van der Waals surface area contributed by atoms with Gasteiger partial charge in [0, 0.05) is 12.7 Å². The first-order valence-electron chi connectivity index (χ1n) is 7.22. The van der Waals surface area contributed by atoms with Crippen molar-refractivity contribution in [1.29, 1.82) is 0 Å². The van der Waals surface area contributed by atoms with Gasteiger partial charge in [-0.05, 0) is 37.4 Å². The minimum atomic E-state index is 0.492. The van der Waals surface area contributed by atoms with Crippen LogP contribution in [-0.4, -0.2) is 28.0 Å². The molecule has 1 fully saturated rings. The van der Waals surface area contributed by atoms with Crippen LogP contribution in [0.3, 0.4) is 0 Å². The number of piperidine rings is 1. The lowest BCUT2D eigenvalue weighted by atomic mass is 9.74. The van der Waals surface area contributed by atoms with E-state index in [1.807, 2.05) is 6.07 Å². The lowest BCUT2D eigenvalue weighted by molar-refractivity contribution is 0.0901. The summed E-state index contributed by atoms with van der Waals surface area (Å²) in [6, 6.07) is 1.96. The van der Waals surface area contributed by atoms with Gasteiger partial charge in [-0.25, -0.2) is 15.8 Å². The number of rotatable bonds is 5. The van der Waals surface area contributed by atoms with E-state index in [-0.39, 0.29) is 0 Å². The van der Waals surface area contributed by atoms with Crippen LogP contribution in [0, 0.1) is 5.41 Å². The number of aromatic nitrogens is 2. The fourth-order valence-corrected chi connectivity index (χ4v) is 2.93. The Morgan fingerprint density at radius 3 is 2.58 bits per heavy atom. The number of nitrogens with two attached hydrogens (primary N) is 1. The summed E-state index contributed by atoms with van der Waals surface area (Å²) in [6.45, 7) is 7.86. The molecule has 5 nitrogen and oxygen atoms in total. The van der Waals surface area contributed by atoms with Gasteiger partial charge in [-0.2, -0.15) is 0 Å². The van der Waals surface area contributed by atoms with Crippen molar-refractivity contribution in [2.24, 2.45) is 11.3 Å². The van der Waals surface area contributed by atoms with E-state index in [9.17, 15) is 0 Å². The Bertz CT molecular complexity index is 393. The lowest BCUT2D eigenvalue weighted by Gasteiger charge is -2.40. The Balaban J connectivity index is 1.91. The second-order valence-corrected chi connectivity index (χ2v) is 5.50. The second-order valence-electron chi connectivity index (χ2n) is 5.50. The Labute approximate surface area is 115 Å². The van der Waals surface area contributed by atoms with Crippen molar-refractivity contribution in [2.45, 2.75) is 46.1 Å². The maximum atomic E-state index is 5.33. The molecule has 1 aliphatic heterocycles. The number of hydrazine groups is 1. The summed E-state index contributed by atoms with van der Waals surface area (Å²) < 4.78 is 0. The van der Waals surface area contributed by atoms with Gasteiger partial charge in [0.05, 0.1) is 5.69 Å². The van der Waals surface area contributed by atoms with Gasteiger partial charge < -0.3 is 0 Å². The maximum absolute atomic E-state index is 5.33. The van der Waals surface area contributed by atoms with Gasteiger partial charge in [-0.15, -0.1) is 0 Å². The zero-order valence-corrected chi connectivity index (χ0v) is 12.0. The highest BCUT2D eigenvalue weighted by atomic mass is 15.3. The standard InChI is InChI=1S/C14H25N5/c1-3-14(4-2)6-9-19(10-7-14)11-12-5-8-16-13(17-12)18-15/h5,8H,3-4,6-7,9-11,15H2,1-2H3,(H,16,17,18). The first-order chi connectivity index (χ1) is 9.21. The summed E-state index contributed by atoms with van der Waals surface area (Å²) in [5.74, 6) is 5.83. The first kappa shape index (κ1) is 14.2. The van der Waals surface area contributed by atoms with Crippen molar-refractivity contribution in [3.63, 3.8) is 0 Å². The fourth-order valence-electron chi connectivity index (χ4n) is 2.93. The number of hydrogen-bond donors (Lipinski definition) is 2. The van der Waals surface area contributed by atoms with Crippen molar-refractivity contribution in [3.05, 3.63) is 18.0 Å². The van der Waals surface area contributed by atoms with Crippen LogP contribution in [0.15, 0.2) is 12.3 Å². The van der Waals surface area contributed by atoms with E-state index in [4.69, 9.17) is 5.84 Å². The third-order valence-electron chi connectivity index (χ3n) is 4.64. The maximum Gasteiger partial charge on any atom is 0.237 e. The van der Waals surface area contributed by atoms with E-state index in [0.717, 1.165) is 25.3 Å². The SMILES string of the molecule is CCC1(CC)CCN(Cc2ccnc(NN)n2)CC1. The zero-order chi connectivity index (χ0) is 13.7. The largest absolute Gasteiger partial charge is 0.297 e. The number of likely N-dealkylation sites (tertiary alicyclic amines) is 1. The first-order valence-corrected chi connectivity index (χ1v) is 7.22. The highest BCUT2D eigenvalue weighted by molar-refractivity contribution is 5.22. The van der Waals surface area contributed by atoms with E-state index in [1.54, 1.807) is 6.20 Å². The molecule has 5 heteroatoms. The van der Waals surface area contributed by atoms with E-state index in [1.165, 1.54) is 25.7 Å². The number of nitrogens with zero attached hydrogens (tertiary/aromatic N) is 3. The van der Waals surface area contributed by atoms with Gasteiger partial charge in [-0.1, -0.05) is 26.7 Å². The number of nitrogen functional groups attached to an aromatic ring is 1.